The third kappa shape index (κ3) is 3.35. The van der Waals surface area contributed by atoms with E-state index in [0.717, 1.165) is 18.8 Å². The zero-order valence-corrected chi connectivity index (χ0v) is 10.1. The molecule has 1 nitrogen and oxygen atoms in total. The summed E-state index contributed by atoms with van der Waals surface area (Å²) in [6, 6.07) is 8.61. The molecule has 0 unspecified atom stereocenters. The second-order valence-electron chi connectivity index (χ2n) is 3.30. The third-order valence-corrected chi connectivity index (χ3v) is 3.28. The molecule has 0 aliphatic carbocycles. The van der Waals surface area contributed by atoms with Crippen molar-refractivity contribution in [1.29, 1.82) is 0 Å². The number of nitrogens with zero attached hydrogens (tertiary/aromatic N) is 1. The van der Waals surface area contributed by atoms with E-state index in [4.69, 9.17) is 0 Å². The van der Waals surface area contributed by atoms with Crippen LogP contribution in [0, 0.1) is 6.92 Å². The van der Waals surface area contributed by atoms with Crippen LogP contribution in [0.25, 0.3) is 0 Å². The lowest BCUT2D eigenvalue weighted by Gasteiger charge is -2.19. The lowest BCUT2D eigenvalue weighted by atomic mass is 10.1. The quantitative estimate of drug-likeness (QED) is 0.683. The van der Waals surface area contributed by atoms with Crippen molar-refractivity contribution in [2.24, 2.45) is 0 Å². The van der Waals surface area contributed by atoms with E-state index in [-0.39, 0.29) is 0 Å². The number of rotatable bonds is 5. The molecule has 1 aromatic carbocycles. The Morgan fingerprint density at radius 3 is 2.50 bits per heavy atom. The molecule has 0 N–H and O–H groups in total. The molecule has 1 aromatic rings. The first-order chi connectivity index (χ1) is 6.77. The van der Waals surface area contributed by atoms with Crippen LogP contribution in [0.15, 0.2) is 24.3 Å². The van der Waals surface area contributed by atoms with Gasteiger partial charge in [0.1, 0.15) is 0 Å². The van der Waals surface area contributed by atoms with Crippen LogP contribution in [-0.2, 0) is 6.54 Å². The third-order valence-electron chi connectivity index (χ3n) is 2.27. The van der Waals surface area contributed by atoms with Crippen LogP contribution in [-0.4, -0.2) is 16.6 Å². The van der Waals surface area contributed by atoms with Gasteiger partial charge in [0, 0.05) is 18.8 Å². The monoisotopic (exact) mass is 209 g/mol. The van der Waals surface area contributed by atoms with Gasteiger partial charge in [-0.2, -0.15) is 0 Å². The van der Waals surface area contributed by atoms with Gasteiger partial charge in [0.15, 0.2) is 0 Å². The molecule has 78 valence electrons. The van der Waals surface area contributed by atoms with Gasteiger partial charge in [-0.25, -0.2) is 4.31 Å². The van der Waals surface area contributed by atoms with Gasteiger partial charge < -0.3 is 0 Å². The largest absolute Gasteiger partial charge is 0.246 e. The molecule has 0 spiro atoms. The summed E-state index contributed by atoms with van der Waals surface area (Å²) in [4.78, 5) is 0. The maximum Gasteiger partial charge on any atom is 0.0343 e. The SMILES string of the molecule is CCSN(CC)Cc1ccccc1C. The minimum atomic E-state index is 1.06. The minimum Gasteiger partial charge on any atom is -0.246 e. The highest BCUT2D eigenvalue weighted by Gasteiger charge is 2.04. The van der Waals surface area contributed by atoms with E-state index in [9.17, 15) is 0 Å². The van der Waals surface area contributed by atoms with Gasteiger partial charge in [0.05, 0.1) is 0 Å². The molecule has 1 rings (SSSR count). The fraction of sp³-hybridized carbons (Fsp3) is 0.500. The van der Waals surface area contributed by atoms with Crippen molar-refractivity contribution in [3.63, 3.8) is 0 Å². The molecule has 0 saturated carbocycles. The first-order valence-corrected chi connectivity index (χ1v) is 6.14. The number of hydrogen-bond acceptors (Lipinski definition) is 2. The Bertz CT molecular complexity index is 273. The molecule has 14 heavy (non-hydrogen) atoms. The van der Waals surface area contributed by atoms with E-state index in [1.54, 1.807) is 0 Å². The van der Waals surface area contributed by atoms with Crippen molar-refractivity contribution in [3.8, 4) is 0 Å². The van der Waals surface area contributed by atoms with Crippen LogP contribution in [0.5, 0.6) is 0 Å². The van der Waals surface area contributed by atoms with Crippen molar-refractivity contribution in [1.82, 2.24) is 4.31 Å². The lowest BCUT2D eigenvalue weighted by molar-refractivity contribution is 0.492. The van der Waals surface area contributed by atoms with Crippen LogP contribution in [0.3, 0.4) is 0 Å². The molecule has 0 atom stereocenters. The zero-order valence-electron chi connectivity index (χ0n) is 9.29. The second-order valence-corrected chi connectivity index (χ2v) is 4.65. The average Bonchev–Trinajstić information content (AvgIpc) is 2.20. The summed E-state index contributed by atoms with van der Waals surface area (Å²) in [7, 11) is 0. The van der Waals surface area contributed by atoms with E-state index in [1.165, 1.54) is 11.1 Å². The normalized spacial score (nSPS) is 10.9. The first-order valence-electron chi connectivity index (χ1n) is 5.20. The van der Waals surface area contributed by atoms with Crippen molar-refractivity contribution in [2.45, 2.75) is 27.3 Å². The summed E-state index contributed by atoms with van der Waals surface area (Å²) in [5, 5.41) is 0. The summed E-state index contributed by atoms with van der Waals surface area (Å²) >= 11 is 1.91. The van der Waals surface area contributed by atoms with E-state index in [0.29, 0.717) is 0 Å². The molecule has 0 aromatic heterocycles. The van der Waals surface area contributed by atoms with Gasteiger partial charge in [-0.05, 0) is 18.1 Å². The number of benzene rings is 1. The Morgan fingerprint density at radius 1 is 1.21 bits per heavy atom. The van der Waals surface area contributed by atoms with Crippen LogP contribution in [0.4, 0.5) is 0 Å². The summed E-state index contributed by atoms with van der Waals surface area (Å²) < 4.78 is 2.41. The fourth-order valence-electron chi connectivity index (χ4n) is 1.41. The van der Waals surface area contributed by atoms with Crippen LogP contribution in [0.2, 0.25) is 0 Å². The maximum absolute atomic E-state index is 2.41. The van der Waals surface area contributed by atoms with E-state index < -0.39 is 0 Å². The molecular weight excluding hydrogens is 190 g/mol. The molecule has 0 bridgehead atoms. The van der Waals surface area contributed by atoms with Crippen molar-refractivity contribution < 1.29 is 0 Å². The predicted octanol–water partition coefficient (Wildman–Crippen LogP) is 3.49. The summed E-state index contributed by atoms with van der Waals surface area (Å²) in [5.41, 5.74) is 2.83. The summed E-state index contributed by atoms with van der Waals surface area (Å²) in [5.74, 6) is 1.15. The highest BCUT2D eigenvalue weighted by Crippen LogP contribution is 2.16. The lowest BCUT2D eigenvalue weighted by Crippen LogP contribution is -2.15. The predicted molar refractivity (Wildman–Crippen MR) is 65.4 cm³/mol. The molecule has 0 saturated heterocycles. The van der Waals surface area contributed by atoms with Crippen molar-refractivity contribution >= 4 is 11.9 Å². The standard InChI is InChI=1S/C12H19NS/c1-4-13(14-5-2)10-12-9-7-6-8-11(12)3/h6-9H,4-5,10H2,1-3H3. The summed E-state index contributed by atoms with van der Waals surface area (Å²) in [6.07, 6.45) is 0. The van der Waals surface area contributed by atoms with Gasteiger partial charge in [-0.3, -0.25) is 0 Å². The van der Waals surface area contributed by atoms with Gasteiger partial charge >= 0.3 is 0 Å². The molecular formula is C12H19NS. The molecule has 0 fully saturated rings. The van der Waals surface area contributed by atoms with E-state index >= 15 is 0 Å². The highest BCUT2D eigenvalue weighted by atomic mass is 32.2. The Labute approximate surface area is 91.6 Å². The Kier molecular flexibility index (Phi) is 5.05. The highest BCUT2D eigenvalue weighted by molar-refractivity contribution is 7.96. The van der Waals surface area contributed by atoms with Crippen molar-refractivity contribution in [2.75, 3.05) is 12.3 Å². The fourth-order valence-corrected chi connectivity index (χ4v) is 2.19. The molecule has 0 aliphatic rings. The molecule has 0 radical (unpaired) electrons. The smallest absolute Gasteiger partial charge is 0.0343 e. The van der Waals surface area contributed by atoms with Crippen LogP contribution < -0.4 is 0 Å². The van der Waals surface area contributed by atoms with Crippen LogP contribution in [0.1, 0.15) is 25.0 Å². The van der Waals surface area contributed by atoms with Gasteiger partial charge in [0.2, 0.25) is 0 Å². The van der Waals surface area contributed by atoms with Gasteiger partial charge in [-0.1, -0.05) is 50.1 Å². The Balaban J connectivity index is 2.62. The Morgan fingerprint density at radius 2 is 1.93 bits per heavy atom. The molecule has 0 heterocycles. The number of hydrogen-bond donors (Lipinski definition) is 0. The Hall–Kier alpha value is -0.470. The summed E-state index contributed by atoms with van der Waals surface area (Å²) in [6.45, 7) is 8.75. The topological polar surface area (TPSA) is 3.24 Å². The zero-order chi connectivity index (χ0) is 10.4. The van der Waals surface area contributed by atoms with Crippen LogP contribution >= 0.6 is 11.9 Å². The van der Waals surface area contributed by atoms with Crippen molar-refractivity contribution in [3.05, 3.63) is 35.4 Å². The second kappa shape index (κ2) is 6.10. The molecule has 0 amide bonds. The van der Waals surface area contributed by atoms with E-state index in [2.05, 4.69) is 49.3 Å². The first kappa shape index (κ1) is 11.6. The van der Waals surface area contributed by atoms with Gasteiger partial charge in [0.25, 0.3) is 0 Å². The molecule has 0 aliphatic heterocycles. The maximum atomic E-state index is 2.41. The average molecular weight is 209 g/mol. The number of aryl methyl sites for hydroxylation is 1. The van der Waals surface area contributed by atoms with Gasteiger partial charge in [-0.15, -0.1) is 0 Å². The minimum absolute atomic E-state index is 1.06. The molecule has 2 heteroatoms. The van der Waals surface area contributed by atoms with E-state index in [1.807, 2.05) is 11.9 Å².